The maximum Gasteiger partial charge on any atom is 0.327 e. The summed E-state index contributed by atoms with van der Waals surface area (Å²) >= 11 is 3.92. The maximum atomic E-state index is 12.7. The van der Waals surface area contributed by atoms with Gasteiger partial charge in [-0.15, -0.1) is 0 Å². The van der Waals surface area contributed by atoms with Crippen LogP contribution < -0.4 is 27.4 Å². The molecule has 8 N–H and O–H groups in total. The largest absolute Gasteiger partial charge is 0.480 e. The Morgan fingerprint density at radius 1 is 1.00 bits per heavy atom. The highest BCUT2D eigenvalue weighted by Crippen LogP contribution is 2.10. The van der Waals surface area contributed by atoms with E-state index in [1.807, 2.05) is 6.92 Å². The molecule has 0 aliphatic carbocycles. The van der Waals surface area contributed by atoms with Crippen LogP contribution in [-0.2, 0) is 19.2 Å². The van der Waals surface area contributed by atoms with Gasteiger partial charge in [-0.1, -0.05) is 20.3 Å². The van der Waals surface area contributed by atoms with Crippen molar-refractivity contribution in [1.29, 1.82) is 0 Å². The van der Waals surface area contributed by atoms with Crippen molar-refractivity contribution in [2.24, 2.45) is 17.4 Å². The third kappa shape index (κ3) is 9.38. The lowest BCUT2D eigenvalue weighted by Crippen LogP contribution is -2.58. The van der Waals surface area contributed by atoms with Crippen molar-refractivity contribution in [1.82, 2.24) is 16.0 Å². The van der Waals surface area contributed by atoms with Crippen LogP contribution in [0.4, 0.5) is 0 Å². The number of nitrogens with one attached hydrogen (secondary N) is 3. The second-order valence-electron chi connectivity index (χ2n) is 6.56. The highest BCUT2D eigenvalue weighted by molar-refractivity contribution is 7.80. The molecule has 0 radical (unpaired) electrons. The van der Waals surface area contributed by atoms with Crippen LogP contribution in [0.15, 0.2) is 0 Å². The van der Waals surface area contributed by atoms with E-state index in [1.54, 1.807) is 6.92 Å². The average molecular weight is 420 g/mol. The molecule has 0 aromatic heterocycles. The van der Waals surface area contributed by atoms with E-state index in [-0.39, 0.29) is 18.2 Å². The van der Waals surface area contributed by atoms with Crippen LogP contribution in [0.2, 0.25) is 0 Å². The molecule has 0 saturated carbocycles. The van der Waals surface area contributed by atoms with Crippen LogP contribution in [0, 0.1) is 5.92 Å². The van der Waals surface area contributed by atoms with Crippen LogP contribution in [0.3, 0.4) is 0 Å². The number of carboxylic acid groups (broad SMARTS) is 1. The number of carbonyl (C=O) groups excluding carboxylic acids is 3. The van der Waals surface area contributed by atoms with Gasteiger partial charge >= 0.3 is 5.97 Å². The van der Waals surface area contributed by atoms with Crippen LogP contribution in [0.1, 0.15) is 39.5 Å². The van der Waals surface area contributed by atoms with E-state index in [0.717, 1.165) is 0 Å². The lowest BCUT2D eigenvalue weighted by atomic mass is 9.97. The van der Waals surface area contributed by atoms with Crippen molar-refractivity contribution in [2.75, 3.05) is 18.8 Å². The van der Waals surface area contributed by atoms with Crippen molar-refractivity contribution in [2.45, 2.75) is 57.7 Å². The smallest absolute Gasteiger partial charge is 0.327 e. The van der Waals surface area contributed by atoms with Gasteiger partial charge in [-0.05, 0) is 31.7 Å². The molecule has 0 aromatic carbocycles. The van der Waals surface area contributed by atoms with E-state index >= 15 is 0 Å². The second-order valence-corrected chi connectivity index (χ2v) is 6.93. The molecule has 3 amide bonds. The molecule has 162 valence electrons. The molecular weight excluding hydrogens is 386 g/mol. The Kier molecular flexibility index (Phi) is 13.3. The fourth-order valence-electron chi connectivity index (χ4n) is 2.42. The monoisotopic (exact) mass is 419 g/mol. The van der Waals surface area contributed by atoms with E-state index in [2.05, 4.69) is 28.6 Å². The van der Waals surface area contributed by atoms with Crippen LogP contribution in [0.5, 0.6) is 0 Å². The van der Waals surface area contributed by atoms with Gasteiger partial charge in [0.05, 0.1) is 6.54 Å². The van der Waals surface area contributed by atoms with E-state index < -0.39 is 41.8 Å². The third-order valence-corrected chi connectivity index (χ3v) is 4.74. The van der Waals surface area contributed by atoms with Crippen molar-refractivity contribution < 1.29 is 24.3 Å². The molecule has 0 saturated heterocycles. The molecule has 0 aromatic rings. The Bertz CT molecular complexity index is 534. The van der Waals surface area contributed by atoms with Gasteiger partial charge in [0.15, 0.2) is 0 Å². The van der Waals surface area contributed by atoms with Gasteiger partial charge in [0.2, 0.25) is 17.7 Å². The first-order valence-corrected chi connectivity index (χ1v) is 9.98. The predicted molar refractivity (Wildman–Crippen MR) is 109 cm³/mol. The zero-order valence-corrected chi connectivity index (χ0v) is 17.3. The van der Waals surface area contributed by atoms with Gasteiger partial charge in [-0.2, -0.15) is 12.6 Å². The van der Waals surface area contributed by atoms with Gasteiger partial charge < -0.3 is 32.5 Å². The number of thiol groups is 1. The summed E-state index contributed by atoms with van der Waals surface area (Å²) in [4.78, 5) is 48.0. The molecule has 4 unspecified atom stereocenters. The molecule has 10 nitrogen and oxygen atoms in total. The Morgan fingerprint density at radius 3 is 2.11 bits per heavy atom. The van der Waals surface area contributed by atoms with Gasteiger partial charge in [0, 0.05) is 5.75 Å². The predicted octanol–water partition coefficient (Wildman–Crippen LogP) is -1.41. The van der Waals surface area contributed by atoms with E-state index in [4.69, 9.17) is 16.6 Å². The van der Waals surface area contributed by atoms with E-state index in [9.17, 15) is 19.2 Å². The van der Waals surface area contributed by atoms with Gasteiger partial charge in [-0.3, -0.25) is 14.4 Å². The minimum absolute atomic E-state index is 0.0868. The van der Waals surface area contributed by atoms with E-state index in [1.165, 1.54) is 0 Å². The molecule has 28 heavy (non-hydrogen) atoms. The number of hydrogen-bond acceptors (Lipinski definition) is 7. The van der Waals surface area contributed by atoms with Gasteiger partial charge in [0.25, 0.3) is 0 Å². The van der Waals surface area contributed by atoms with Crippen LogP contribution in [-0.4, -0.2) is 65.8 Å². The molecule has 4 atom stereocenters. The van der Waals surface area contributed by atoms with Crippen molar-refractivity contribution in [3.05, 3.63) is 0 Å². The van der Waals surface area contributed by atoms with Crippen molar-refractivity contribution in [3.8, 4) is 0 Å². The summed E-state index contributed by atoms with van der Waals surface area (Å²) in [6.45, 7) is 3.80. The zero-order valence-electron chi connectivity index (χ0n) is 16.4. The van der Waals surface area contributed by atoms with Crippen molar-refractivity contribution in [3.63, 3.8) is 0 Å². The number of hydrogen-bond donors (Lipinski definition) is 7. The normalized spacial score (nSPS) is 15.0. The minimum atomic E-state index is -1.22. The minimum Gasteiger partial charge on any atom is -0.480 e. The fraction of sp³-hybridized carbons (Fsp3) is 0.765. The molecule has 0 heterocycles. The maximum absolute atomic E-state index is 12.7. The van der Waals surface area contributed by atoms with Crippen LogP contribution in [0.25, 0.3) is 0 Å². The molecule has 0 aliphatic heterocycles. The Morgan fingerprint density at radius 2 is 1.64 bits per heavy atom. The summed E-state index contributed by atoms with van der Waals surface area (Å²) in [5.41, 5.74) is 10.8. The summed E-state index contributed by atoms with van der Waals surface area (Å²) in [6.07, 6.45) is 2.21. The number of carbonyl (C=O) groups is 4. The molecule has 0 bridgehead atoms. The van der Waals surface area contributed by atoms with Crippen LogP contribution >= 0.6 is 12.6 Å². The molecule has 0 rings (SSSR count). The first-order chi connectivity index (χ1) is 13.2. The average Bonchev–Trinajstić information content (AvgIpc) is 2.67. The topological polar surface area (TPSA) is 177 Å². The highest BCUT2D eigenvalue weighted by Gasteiger charge is 2.31. The second kappa shape index (κ2) is 14.2. The number of aliphatic carboxylic acids is 1. The molecular formula is C17H33N5O5S. The molecule has 0 fully saturated rings. The molecule has 0 aliphatic rings. The zero-order chi connectivity index (χ0) is 21.7. The SMILES string of the molecule is CCC(C)C(NC(=O)C(CCCCN)NC(=O)CN)C(=O)NC(CS)C(=O)O. The summed E-state index contributed by atoms with van der Waals surface area (Å²) < 4.78 is 0. The quantitative estimate of drug-likeness (QED) is 0.134. The first-order valence-electron chi connectivity index (χ1n) is 9.35. The first kappa shape index (κ1) is 26.1. The standard InChI is InChI=1S/C17H33N5O5S/c1-3-10(2)14(16(25)21-12(9-28)17(26)27)22-15(24)11(6-4-5-7-18)20-13(23)8-19/h10-12,14,28H,3-9,18-19H2,1-2H3,(H,20,23)(H,21,25)(H,22,24)(H,26,27). The van der Waals surface area contributed by atoms with E-state index in [0.29, 0.717) is 32.2 Å². The van der Waals surface area contributed by atoms with Gasteiger partial charge in [-0.25, -0.2) is 4.79 Å². The Balaban J connectivity index is 5.27. The Labute approximate surface area is 171 Å². The summed E-state index contributed by atoms with van der Waals surface area (Å²) in [7, 11) is 0. The summed E-state index contributed by atoms with van der Waals surface area (Å²) in [5.74, 6) is -3.19. The lowest BCUT2D eigenvalue weighted by Gasteiger charge is -2.27. The number of amides is 3. The molecule has 11 heteroatoms. The number of rotatable bonds is 14. The molecule has 0 spiro atoms. The Hall–Kier alpha value is -1.85. The van der Waals surface area contributed by atoms with Gasteiger partial charge in [0.1, 0.15) is 18.1 Å². The summed E-state index contributed by atoms with van der Waals surface area (Å²) in [6, 6.07) is -2.98. The van der Waals surface area contributed by atoms with Crippen molar-refractivity contribution >= 4 is 36.3 Å². The number of carboxylic acids is 1. The number of nitrogens with two attached hydrogens (primary N) is 2. The highest BCUT2D eigenvalue weighted by atomic mass is 32.1. The number of unbranched alkanes of at least 4 members (excludes halogenated alkanes) is 1. The summed E-state index contributed by atoms with van der Waals surface area (Å²) in [5, 5.41) is 16.7. The third-order valence-electron chi connectivity index (χ3n) is 4.37. The fourth-order valence-corrected chi connectivity index (χ4v) is 2.67. The lowest BCUT2D eigenvalue weighted by molar-refractivity contribution is -0.142.